The lowest BCUT2D eigenvalue weighted by atomic mass is 9.78. The predicted molar refractivity (Wildman–Crippen MR) is 79.6 cm³/mol. The summed E-state index contributed by atoms with van der Waals surface area (Å²) in [6.45, 7) is 9.38. The lowest BCUT2D eigenvalue weighted by Crippen LogP contribution is -2.41. The van der Waals surface area contributed by atoms with Crippen molar-refractivity contribution in [1.82, 2.24) is 5.32 Å². The van der Waals surface area contributed by atoms with Crippen LogP contribution >= 0.6 is 0 Å². The Labute approximate surface area is 125 Å². The number of benzene rings is 1. The van der Waals surface area contributed by atoms with Crippen molar-refractivity contribution in [3.05, 3.63) is 29.6 Å². The van der Waals surface area contributed by atoms with Gasteiger partial charge in [-0.05, 0) is 39.2 Å². The van der Waals surface area contributed by atoms with Crippen LogP contribution in [0.3, 0.4) is 0 Å². The number of carbonyl (C=O) groups is 1. The molecule has 0 bridgehead atoms. The Bertz CT molecular complexity index is 544. The van der Waals surface area contributed by atoms with Gasteiger partial charge >= 0.3 is 7.12 Å². The van der Waals surface area contributed by atoms with Gasteiger partial charge in [-0.1, -0.05) is 12.1 Å². The van der Waals surface area contributed by atoms with E-state index >= 15 is 0 Å². The van der Waals surface area contributed by atoms with E-state index in [-0.39, 0.29) is 18.3 Å². The molecular formula is C15H21BFNO3. The zero-order valence-electron chi connectivity index (χ0n) is 13.1. The number of hydrogen-bond donors (Lipinski definition) is 1. The fraction of sp³-hybridized carbons (Fsp3) is 0.533. The van der Waals surface area contributed by atoms with Crippen molar-refractivity contribution in [3.63, 3.8) is 0 Å². The van der Waals surface area contributed by atoms with E-state index in [0.29, 0.717) is 11.0 Å². The average Bonchev–Trinajstić information content (AvgIpc) is 2.56. The molecule has 0 radical (unpaired) electrons. The van der Waals surface area contributed by atoms with Crippen molar-refractivity contribution in [2.75, 3.05) is 0 Å². The largest absolute Gasteiger partial charge is 0.494 e. The van der Waals surface area contributed by atoms with Crippen molar-refractivity contribution < 1.29 is 18.5 Å². The Kier molecular flexibility index (Phi) is 4.13. The quantitative estimate of drug-likeness (QED) is 0.864. The summed E-state index contributed by atoms with van der Waals surface area (Å²) in [5.74, 6) is -0.569. The second-order valence-corrected chi connectivity index (χ2v) is 6.35. The molecule has 2 rings (SSSR count). The van der Waals surface area contributed by atoms with E-state index in [1.54, 1.807) is 12.1 Å². The highest BCUT2D eigenvalue weighted by molar-refractivity contribution is 6.62. The molecule has 21 heavy (non-hydrogen) atoms. The topological polar surface area (TPSA) is 47.6 Å². The molecule has 0 saturated carbocycles. The molecular weight excluding hydrogens is 272 g/mol. The van der Waals surface area contributed by atoms with Crippen LogP contribution in [0.4, 0.5) is 4.39 Å². The van der Waals surface area contributed by atoms with E-state index in [2.05, 4.69) is 5.32 Å². The average molecular weight is 293 g/mol. The minimum atomic E-state index is -0.584. The molecule has 0 spiro atoms. The van der Waals surface area contributed by atoms with Crippen LogP contribution in [0.15, 0.2) is 18.2 Å². The van der Waals surface area contributed by atoms with Gasteiger partial charge in [0.1, 0.15) is 5.82 Å². The molecule has 114 valence electrons. The summed E-state index contributed by atoms with van der Waals surface area (Å²) in [7, 11) is -0.584. The molecule has 6 heteroatoms. The first-order valence-electron chi connectivity index (χ1n) is 7.01. The summed E-state index contributed by atoms with van der Waals surface area (Å²) < 4.78 is 25.8. The zero-order valence-corrected chi connectivity index (χ0v) is 13.1. The number of halogens is 1. The lowest BCUT2D eigenvalue weighted by Gasteiger charge is -2.32. The van der Waals surface area contributed by atoms with Gasteiger partial charge in [0.15, 0.2) is 0 Å². The highest BCUT2D eigenvalue weighted by Gasteiger charge is 2.51. The Morgan fingerprint density at radius 1 is 1.24 bits per heavy atom. The molecule has 0 atom stereocenters. The Morgan fingerprint density at radius 2 is 1.81 bits per heavy atom. The van der Waals surface area contributed by atoms with E-state index in [4.69, 9.17) is 9.31 Å². The van der Waals surface area contributed by atoms with Crippen LogP contribution in [-0.2, 0) is 20.6 Å². The van der Waals surface area contributed by atoms with Gasteiger partial charge in [0.2, 0.25) is 5.91 Å². The van der Waals surface area contributed by atoms with Crippen LogP contribution in [0.1, 0.15) is 40.2 Å². The minimum absolute atomic E-state index is 0.171. The second-order valence-electron chi connectivity index (χ2n) is 6.35. The summed E-state index contributed by atoms with van der Waals surface area (Å²) in [5, 5.41) is 2.58. The van der Waals surface area contributed by atoms with E-state index in [1.165, 1.54) is 13.0 Å². The molecule has 1 aromatic rings. The van der Waals surface area contributed by atoms with Gasteiger partial charge in [0, 0.05) is 19.0 Å². The van der Waals surface area contributed by atoms with Gasteiger partial charge in [-0.15, -0.1) is 0 Å². The third-order valence-corrected chi connectivity index (χ3v) is 4.13. The first-order chi connectivity index (χ1) is 9.62. The van der Waals surface area contributed by atoms with Crippen molar-refractivity contribution >= 4 is 18.5 Å². The normalized spacial score (nSPS) is 19.6. The van der Waals surface area contributed by atoms with Gasteiger partial charge in [0.05, 0.1) is 11.2 Å². The molecule has 1 aliphatic rings. The molecule has 0 aliphatic carbocycles. The number of amides is 1. The maximum Gasteiger partial charge on any atom is 0.494 e. The SMILES string of the molecule is CC(=O)NCc1ccc(B2OC(C)(C)C(C)(C)O2)cc1F. The number of carbonyl (C=O) groups excluding carboxylic acids is 1. The number of rotatable bonds is 3. The molecule has 0 aromatic heterocycles. The number of hydrogen-bond acceptors (Lipinski definition) is 3. The van der Waals surface area contributed by atoms with Gasteiger partial charge in [-0.25, -0.2) is 4.39 Å². The predicted octanol–water partition coefficient (Wildman–Crippen LogP) is 1.76. The van der Waals surface area contributed by atoms with Crippen LogP contribution in [0.5, 0.6) is 0 Å². The maximum absolute atomic E-state index is 14.1. The summed E-state index contributed by atoms with van der Waals surface area (Å²) in [5.41, 5.74) is 0.162. The van der Waals surface area contributed by atoms with E-state index < -0.39 is 18.3 Å². The molecule has 0 unspecified atom stereocenters. The standard InChI is InChI=1S/C15H21BFNO3/c1-10(19)18-9-11-6-7-12(8-13(11)17)16-20-14(2,3)15(4,5)21-16/h6-8H,9H2,1-5H3,(H,18,19). The van der Waals surface area contributed by atoms with Crippen molar-refractivity contribution in [2.45, 2.75) is 52.4 Å². The molecule has 1 N–H and O–H groups in total. The van der Waals surface area contributed by atoms with Crippen LogP contribution in [0.25, 0.3) is 0 Å². The summed E-state index contributed by atoms with van der Waals surface area (Å²) in [4.78, 5) is 10.9. The first-order valence-corrected chi connectivity index (χ1v) is 7.01. The van der Waals surface area contributed by atoms with Gasteiger partial charge in [-0.3, -0.25) is 4.79 Å². The monoisotopic (exact) mass is 293 g/mol. The van der Waals surface area contributed by atoms with Gasteiger partial charge in [0.25, 0.3) is 0 Å². The minimum Gasteiger partial charge on any atom is -0.399 e. The Hall–Kier alpha value is -1.40. The third-order valence-electron chi connectivity index (χ3n) is 4.13. The summed E-state index contributed by atoms with van der Waals surface area (Å²) in [6, 6.07) is 4.81. The zero-order chi connectivity index (χ0) is 15.8. The molecule has 4 nitrogen and oxygen atoms in total. The van der Waals surface area contributed by atoms with Crippen LogP contribution < -0.4 is 10.8 Å². The number of nitrogens with one attached hydrogen (secondary N) is 1. The summed E-state index contributed by atoms with van der Waals surface area (Å²) >= 11 is 0. The molecule has 1 aromatic carbocycles. The fourth-order valence-corrected chi connectivity index (χ4v) is 2.05. The Morgan fingerprint density at radius 3 is 2.29 bits per heavy atom. The van der Waals surface area contributed by atoms with E-state index in [9.17, 15) is 9.18 Å². The highest BCUT2D eigenvalue weighted by Crippen LogP contribution is 2.36. The van der Waals surface area contributed by atoms with Crippen LogP contribution in [-0.4, -0.2) is 24.2 Å². The molecule has 1 saturated heterocycles. The summed E-state index contributed by atoms with van der Waals surface area (Å²) in [6.07, 6.45) is 0. The van der Waals surface area contributed by atoms with Crippen LogP contribution in [0, 0.1) is 5.82 Å². The van der Waals surface area contributed by atoms with Crippen molar-refractivity contribution in [2.24, 2.45) is 0 Å². The maximum atomic E-state index is 14.1. The van der Waals surface area contributed by atoms with Crippen molar-refractivity contribution in [1.29, 1.82) is 0 Å². The first kappa shape index (κ1) is 16.0. The highest BCUT2D eigenvalue weighted by atomic mass is 19.1. The van der Waals surface area contributed by atoms with Crippen molar-refractivity contribution in [3.8, 4) is 0 Å². The molecule has 1 aliphatic heterocycles. The van der Waals surface area contributed by atoms with Crippen LogP contribution in [0.2, 0.25) is 0 Å². The Balaban J connectivity index is 2.16. The van der Waals surface area contributed by atoms with Gasteiger partial charge < -0.3 is 14.6 Å². The smallest absolute Gasteiger partial charge is 0.399 e. The fourth-order valence-electron chi connectivity index (χ4n) is 2.05. The second kappa shape index (κ2) is 5.42. The molecule has 1 amide bonds. The lowest BCUT2D eigenvalue weighted by molar-refractivity contribution is -0.119. The van der Waals surface area contributed by atoms with E-state index in [1.807, 2.05) is 27.7 Å². The van der Waals surface area contributed by atoms with Gasteiger partial charge in [-0.2, -0.15) is 0 Å². The molecule has 1 heterocycles. The molecule has 1 fully saturated rings. The van der Waals surface area contributed by atoms with E-state index in [0.717, 1.165) is 0 Å². The third kappa shape index (κ3) is 3.27.